The second-order valence-corrected chi connectivity index (χ2v) is 8.55. The summed E-state index contributed by atoms with van der Waals surface area (Å²) in [5.74, 6) is -0.0685. The second kappa shape index (κ2) is 7.15. The summed E-state index contributed by atoms with van der Waals surface area (Å²) in [5.41, 5.74) is 0.473. The maximum Gasteiger partial charge on any atom is 0.253 e. The highest BCUT2D eigenvalue weighted by Crippen LogP contribution is 2.22. The minimum atomic E-state index is -3.57. The van der Waals surface area contributed by atoms with Crippen LogP contribution in [0.25, 0.3) is 0 Å². The fraction of sp³-hybridized carbons (Fsp3) is 0.235. The van der Waals surface area contributed by atoms with E-state index in [1.165, 1.54) is 16.4 Å². The number of amides is 1. The van der Waals surface area contributed by atoms with E-state index in [-0.39, 0.29) is 29.6 Å². The van der Waals surface area contributed by atoms with Crippen LogP contribution in [0.3, 0.4) is 0 Å². The zero-order valence-electron chi connectivity index (χ0n) is 13.3. The molecule has 1 fully saturated rings. The number of halogens is 1. The Morgan fingerprint density at radius 2 is 1.64 bits per heavy atom. The van der Waals surface area contributed by atoms with Crippen molar-refractivity contribution in [2.45, 2.75) is 4.90 Å². The van der Waals surface area contributed by atoms with Gasteiger partial charge in [-0.15, -0.1) is 0 Å². The maximum absolute atomic E-state index is 12.7. The molecule has 2 aromatic carbocycles. The molecular formula is C17H17BrN2O4S. The number of aromatic hydroxyl groups is 1. The standard InChI is InChI=1S/C17H17BrN2O4S/c18-14-2-1-3-16(12-14)25(23,24)20-10-8-19(9-11-20)17(22)13-4-6-15(21)7-5-13/h1-7,12,21H,8-11H2. The summed E-state index contributed by atoms with van der Waals surface area (Å²) in [6.07, 6.45) is 0. The molecule has 0 aromatic heterocycles. The quantitative estimate of drug-likeness (QED) is 0.819. The first kappa shape index (κ1) is 17.9. The van der Waals surface area contributed by atoms with Gasteiger partial charge in [0.25, 0.3) is 5.91 Å². The topological polar surface area (TPSA) is 77.9 Å². The summed E-state index contributed by atoms with van der Waals surface area (Å²) in [5, 5.41) is 9.30. The molecule has 6 nitrogen and oxygen atoms in total. The van der Waals surface area contributed by atoms with Crippen LogP contribution in [0.2, 0.25) is 0 Å². The molecule has 0 atom stereocenters. The number of hydrogen-bond donors (Lipinski definition) is 1. The molecule has 0 saturated carbocycles. The molecule has 0 aliphatic carbocycles. The summed E-state index contributed by atoms with van der Waals surface area (Å²) in [7, 11) is -3.57. The second-order valence-electron chi connectivity index (χ2n) is 5.70. The van der Waals surface area contributed by atoms with Crippen LogP contribution in [0, 0.1) is 0 Å². The van der Waals surface area contributed by atoms with E-state index in [0.717, 1.165) is 0 Å². The summed E-state index contributed by atoms with van der Waals surface area (Å²) in [4.78, 5) is 14.3. The van der Waals surface area contributed by atoms with Gasteiger partial charge in [-0.2, -0.15) is 4.31 Å². The zero-order valence-corrected chi connectivity index (χ0v) is 15.7. The van der Waals surface area contributed by atoms with E-state index < -0.39 is 10.0 Å². The molecule has 0 spiro atoms. The van der Waals surface area contributed by atoms with Gasteiger partial charge in [0, 0.05) is 36.2 Å². The van der Waals surface area contributed by atoms with Gasteiger partial charge in [-0.3, -0.25) is 4.79 Å². The van der Waals surface area contributed by atoms with Crippen LogP contribution in [0.4, 0.5) is 0 Å². The molecule has 1 aliphatic rings. The minimum absolute atomic E-state index is 0.0986. The summed E-state index contributed by atoms with van der Waals surface area (Å²) in [6.45, 7) is 1.15. The van der Waals surface area contributed by atoms with Gasteiger partial charge in [0.2, 0.25) is 10.0 Å². The molecule has 1 amide bonds. The van der Waals surface area contributed by atoms with E-state index in [2.05, 4.69) is 15.9 Å². The molecule has 1 saturated heterocycles. The van der Waals surface area contributed by atoms with Gasteiger partial charge in [0.15, 0.2) is 0 Å². The third-order valence-electron chi connectivity index (χ3n) is 4.07. The molecule has 0 bridgehead atoms. The Morgan fingerprint density at radius 1 is 1.00 bits per heavy atom. The van der Waals surface area contributed by atoms with E-state index in [9.17, 15) is 18.3 Å². The van der Waals surface area contributed by atoms with Crippen LogP contribution < -0.4 is 0 Å². The Morgan fingerprint density at radius 3 is 2.24 bits per heavy atom. The maximum atomic E-state index is 12.7. The SMILES string of the molecule is O=C(c1ccc(O)cc1)N1CCN(S(=O)(=O)c2cccc(Br)c2)CC1. The number of carbonyl (C=O) groups is 1. The number of nitrogens with zero attached hydrogens (tertiary/aromatic N) is 2. The van der Waals surface area contributed by atoms with Crippen molar-refractivity contribution in [2.24, 2.45) is 0 Å². The van der Waals surface area contributed by atoms with Crippen molar-refractivity contribution in [1.82, 2.24) is 9.21 Å². The van der Waals surface area contributed by atoms with E-state index in [4.69, 9.17) is 0 Å². The first-order valence-corrected chi connectivity index (χ1v) is 9.95. The third-order valence-corrected chi connectivity index (χ3v) is 6.46. The number of phenolic OH excluding ortho intramolecular Hbond substituents is 1. The van der Waals surface area contributed by atoms with Gasteiger partial charge in [-0.25, -0.2) is 8.42 Å². The van der Waals surface area contributed by atoms with Crippen LogP contribution in [-0.4, -0.2) is 54.8 Å². The van der Waals surface area contributed by atoms with Gasteiger partial charge in [0.05, 0.1) is 4.90 Å². The van der Waals surface area contributed by atoms with Gasteiger partial charge in [0.1, 0.15) is 5.75 Å². The number of carbonyl (C=O) groups excluding carboxylic acids is 1. The third kappa shape index (κ3) is 3.86. The van der Waals surface area contributed by atoms with Gasteiger partial charge >= 0.3 is 0 Å². The highest BCUT2D eigenvalue weighted by atomic mass is 79.9. The lowest BCUT2D eigenvalue weighted by Gasteiger charge is -2.34. The smallest absolute Gasteiger partial charge is 0.253 e. The Labute approximate surface area is 154 Å². The summed E-state index contributed by atoms with van der Waals surface area (Å²) in [6, 6.07) is 12.6. The van der Waals surface area contributed by atoms with Crippen molar-refractivity contribution in [3.05, 3.63) is 58.6 Å². The van der Waals surface area contributed by atoms with Crippen LogP contribution in [-0.2, 0) is 10.0 Å². The Bertz CT molecular complexity index is 876. The van der Waals surface area contributed by atoms with E-state index in [1.54, 1.807) is 41.3 Å². The number of piperazine rings is 1. The number of hydrogen-bond acceptors (Lipinski definition) is 4. The number of phenols is 1. The van der Waals surface area contributed by atoms with Crippen molar-refractivity contribution in [1.29, 1.82) is 0 Å². The molecule has 0 radical (unpaired) electrons. The fourth-order valence-electron chi connectivity index (χ4n) is 2.69. The van der Waals surface area contributed by atoms with Crippen molar-refractivity contribution in [2.75, 3.05) is 26.2 Å². The van der Waals surface area contributed by atoms with Crippen molar-refractivity contribution < 1.29 is 18.3 Å². The van der Waals surface area contributed by atoms with Gasteiger partial charge in [-0.05, 0) is 42.5 Å². The molecule has 132 valence electrons. The summed E-state index contributed by atoms with van der Waals surface area (Å²) >= 11 is 3.28. The number of sulfonamides is 1. The molecule has 2 aromatic rings. The lowest BCUT2D eigenvalue weighted by molar-refractivity contribution is 0.0698. The molecule has 25 heavy (non-hydrogen) atoms. The van der Waals surface area contributed by atoms with E-state index in [1.807, 2.05) is 0 Å². The fourth-order valence-corrected chi connectivity index (χ4v) is 4.71. The molecule has 8 heteroatoms. The Kier molecular flexibility index (Phi) is 5.12. The van der Waals surface area contributed by atoms with Gasteiger partial charge in [-0.1, -0.05) is 22.0 Å². The zero-order chi connectivity index (χ0) is 18.0. The monoisotopic (exact) mass is 424 g/mol. The normalized spacial score (nSPS) is 16.0. The highest BCUT2D eigenvalue weighted by Gasteiger charge is 2.30. The Balaban J connectivity index is 1.69. The van der Waals surface area contributed by atoms with Crippen LogP contribution in [0.1, 0.15) is 10.4 Å². The number of rotatable bonds is 3. The lowest BCUT2D eigenvalue weighted by atomic mass is 10.2. The van der Waals surface area contributed by atoms with Gasteiger partial charge < -0.3 is 10.0 Å². The van der Waals surface area contributed by atoms with Crippen molar-refractivity contribution in [3.8, 4) is 5.75 Å². The molecule has 0 unspecified atom stereocenters. The van der Waals surface area contributed by atoms with Crippen molar-refractivity contribution >= 4 is 31.9 Å². The Hall–Kier alpha value is -1.90. The average Bonchev–Trinajstić information content (AvgIpc) is 2.62. The molecule has 1 N–H and O–H groups in total. The minimum Gasteiger partial charge on any atom is -0.508 e. The predicted octanol–water partition coefficient (Wildman–Crippen LogP) is 2.30. The predicted molar refractivity (Wildman–Crippen MR) is 96.9 cm³/mol. The van der Waals surface area contributed by atoms with E-state index >= 15 is 0 Å². The highest BCUT2D eigenvalue weighted by molar-refractivity contribution is 9.10. The van der Waals surface area contributed by atoms with Crippen molar-refractivity contribution in [3.63, 3.8) is 0 Å². The molecule has 1 aliphatic heterocycles. The first-order chi connectivity index (χ1) is 11.9. The van der Waals surface area contributed by atoms with Crippen LogP contribution in [0.15, 0.2) is 57.9 Å². The number of benzene rings is 2. The van der Waals surface area contributed by atoms with Crippen LogP contribution in [0.5, 0.6) is 5.75 Å². The average molecular weight is 425 g/mol. The molecule has 3 rings (SSSR count). The largest absolute Gasteiger partial charge is 0.508 e. The summed E-state index contributed by atoms with van der Waals surface area (Å²) < 4.78 is 27.5. The molecule has 1 heterocycles. The molecular weight excluding hydrogens is 408 g/mol. The first-order valence-electron chi connectivity index (χ1n) is 7.72. The van der Waals surface area contributed by atoms with E-state index in [0.29, 0.717) is 23.1 Å². The lowest BCUT2D eigenvalue weighted by Crippen LogP contribution is -2.50. The van der Waals surface area contributed by atoms with Crippen LogP contribution >= 0.6 is 15.9 Å².